The van der Waals surface area contributed by atoms with Gasteiger partial charge in [0.2, 0.25) is 0 Å². The summed E-state index contributed by atoms with van der Waals surface area (Å²) in [4.78, 5) is 24.7. The quantitative estimate of drug-likeness (QED) is 0.318. The van der Waals surface area contributed by atoms with E-state index in [0.717, 1.165) is 0 Å². The van der Waals surface area contributed by atoms with Crippen LogP contribution in [0.1, 0.15) is 27.2 Å². The lowest BCUT2D eigenvalue weighted by Crippen LogP contribution is -2.55. The zero-order valence-corrected chi connectivity index (χ0v) is 15.6. The van der Waals surface area contributed by atoms with Crippen molar-refractivity contribution in [2.45, 2.75) is 56.7 Å². The highest BCUT2D eigenvalue weighted by atomic mass is 16.6. The molecule has 3 fully saturated rings. The third-order valence-corrected chi connectivity index (χ3v) is 6.57. The van der Waals surface area contributed by atoms with Crippen LogP contribution in [0.15, 0.2) is 35.5 Å². The van der Waals surface area contributed by atoms with Gasteiger partial charge in [-0.2, -0.15) is 0 Å². The van der Waals surface area contributed by atoms with Gasteiger partial charge < -0.3 is 24.4 Å². The van der Waals surface area contributed by atoms with Gasteiger partial charge in [0.25, 0.3) is 0 Å². The number of carbonyl (C=O) groups excluding carboxylic acids is 2. The topological polar surface area (TPSA) is 106 Å². The van der Waals surface area contributed by atoms with Gasteiger partial charge in [-0.15, -0.1) is 0 Å². The maximum atomic E-state index is 12.4. The van der Waals surface area contributed by atoms with Crippen molar-refractivity contribution in [1.82, 2.24) is 0 Å². The molecule has 0 radical (unpaired) electrons. The van der Waals surface area contributed by atoms with Crippen molar-refractivity contribution in [1.29, 1.82) is 0 Å². The zero-order valence-electron chi connectivity index (χ0n) is 15.6. The average Bonchev–Trinajstić information content (AvgIpc) is 3.26. The van der Waals surface area contributed by atoms with Gasteiger partial charge in [-0.25, -0.2) is 9.59 Å². The third kappa shape index (κ3) is 2.38. The summed E-state index contributed by atoms with van der Waals surface area (Å²) >= 11 is 0. The van der Waals surface area contributed by atoms with Gasteiger partial charge in [-0.1, -0.05) is 18.7 Å². The standard InChI is InChI=1S/C20H24O7/c1-5-9(2)17(22)26-13-7-19(8-25-19)15-12(21)6-10(3)20(15,24)16-14(13)11(4)18(23)27-16/h5-6,12-16,21,24H,4,7-8H2,1-3H3/b9-5+/t12-,13-,14-,15+,16+,19+,20-/m1/s1. The highest BCUT2D eigenvalue weighted by molar-refractivity contribution is 5.92. The Morgan fingerprint density at radius 1 is 1.48 bits per heavy atom. The van der Waals surface area contributed by atoms with Crippen LogP contribution in [0.25, 0.3) is 0 Å². The number of fused-ring (bicyclic) bond motifs is 4. The molecular formula is C20H24O7. The molecule has 1 spiro atoms. The molecule has 2 aliphatic carbocycles. The first-order chi connectivity index (χ1) is 12.7. The number of rotatable bonds is 2. The van der Waals surface area contributed by atoms with Crippen LogP contribution in [0.3, 0.4) is 0 Å². The van der Waals surface area contributed by atoms with E-state index in [-0.39, 0.29) is 12.0 Å². The number of carbonyl (C=O) groups is 2. The Labute approximate surface area is 157 Å². The number of esters is 2. The summed E-state index contributed by atoms with van der Waals surface area (Å²) in [6.07, 6.45) is 0.770. The number of epoxide rings is 1. The Morgan fingerprint density at radius 2 is 2.15 bits per heavy atom. The minimum Gasteiger partial charge on any atom is -0.458 e. The van der Waals surface area contributed by atoms with Crippen molar-refractivity contribution in [2.24, 2.45) is 11.8 Å². The monoisotopic (exact) mass is 376 g/mol. The fourth-order valence-corrected chi connectivity index (χ4v) is 4.92. The van der Waals surface area contributed by atoms with Crippen molar-refractivity contribution >= 4 is 11.9 Å². The average molecular weight is 376 g/mol. The number of allylic oxidation sites excluding steroid dienone is 1. The minimum atomic E-state index is -1.60. The highest BCUT2D eigenvalue weighted by Crippen LogP contribution is 2.59. The minimum absolute atomic E-state index is 0.162. The van der Waals surface area contributed by atoms with Crippen LogP contribution in [0.2, 0.25) is 0 Å². The number of hydrogen-bond acceptors (Lipinski definition) is 7. The lowest BCUT2D eigenvalue weighted by Gasteiger charge is -2.39. The van der Waals surface area contributed by atoms with Crippen LogP contribution in [0.5, 0.6) is 0 Å². The molecule has 0 aromatic carbocycles. The van der Waals surface area contributed by atoms with E-state index in [4.69, 9.17) is 14.2 Å². The van der Waals surface area contributed by atoms with Crippen molar-refractivity contribution in [3.63, 3.8) is 0 Å². The molecule has 27 heavy (non-hydrogen) atoms. The zero-order chi connectivity index (χ0) is 19.7. The Morgan fingerprint density at radius 3 is 2.74 bits per heavy atom. The smallest absolute Gasteiger partial charge is 0.334 e. The lowest BCUT2D eigenvalue weighted by molar-refractivity contribution is -0.162. The Kier molecular flexibility index (Phi) is 3.93. The SMILES string of the molecule is C=C1C(=O)O[C@H]2[C@H]1[C@H](OC(=O)/C(C)=C/C)C[C@]1(CO1)[C@@H]1[C@H](O)C=C(C)[C@]21O. The maximum absolute atomic E-state index is 12.4. The number of hydrogen-bond donors (Lipinski definition) is 2. The van der Waals surface area contributed by atoms with E-state index in [1.165, 1.54) is 0 Å². The summed E-state index contributed by atoms with van der Waals surface area (Å²) in [5.41, 5.74) is -1.33. The van der Waals surface area contributed by atoms with E-state index in [2.05, 4.69) is 6.58 Å². The maximum Gasteiger partial charge on any atom is 0.334 e. The van der Waals surface area contributed by atoms with Crippen molar-refractivity contribution < 1.29 is 34.0 Å². The van der Waals surface area contributed by atoms with Crippen LogP contribution < -0.4 is 0 Å². The van der Waals surface area contributed by atoms with E-state index < -0.39 is 53.3 Å². The first-order valence-electron chi connectivity index (χ1n) is 9.12. The van der Waals surface area contributed by atoms with Crippen LogP contribution in [0, 0.1) is 11.8 Å². The van der Waals surface area contributed by atoms with E-state index >= 15 is 0 Å². The molecule has 0 aromatic heterocycles. The molecular weight excluding hydrogens is 352 g/mol. The van der Waals surface area contributed by atoms with Gasteiger partial charge in [0, 0.05) is 17.6 Å². The second-order valence-electron chi connectivity index (χ2n) is 7.99. The van der Waals surface area contributed by atoms with E-state index in [1.807, 2.05) is 0 Å². The fourth-order valence-electron chi connectivity index (χ4n) is 4.92. The molecule has 0 amide bonds. The first kappa shape index (κ1) is 18.4. The molecule has 2 heterocycles. The van der Waals surface area contributed by atoms with E-state index in [9.17, 15) is 19.8 Å². The third-order valence-electron chi connectivity index (χ3n) is 6.57. The van der Waals surface area contributed by atoms with Gasteiger partial charge >= 0.3 is 11.9 Å². The molecule has 7 nitrogen and oxygen atoms in total. The van der Waals surface area contributed by atoms with Crippen LogP contribution >= 0.6 is 0 Å². The van der Waals surface area contributed by atoms with Gasteiger partial charge in [0.15, 0.2) is 0 Å². The number of aliphatic hydroxyl groups excluding tert-OH is 1. The summed E-state index contributed by atoms with van der Waals surface area (Å²) < 4.78 is 16.9. The van der Waals surface area contributed by atoms with Gasteiger partial charge in [0.1, 0.15) is 23.4 Å². The molecule has 0 bridgehead atoms. The van der Waals surface area contributed by atoms with Gasteiger partial charge in [-0.05, 0) is 26.3 Å². The molecule has 7 heteroatoms. The summed E-state index contributed by atoms with van der Waals surface area (Å²) in [7, 11) is 0. The molecule has 1 saturated carbocycles. The molecule has 2 N–H and O–H groups in total. The number of ether oxygens (including phenoxy) is 3. The number of aliphatic hydroxyl groups is 2. The Hall–Kier alpha value is -1.96. The van der Waals surface area contributed by atoms with Crippen molar-refractivity contribution in [2.75, 3.05) is 6.61 Å². The van der Waals surface area contributed by atoms with Crippen LogP contribution in [-0.2, 0) is 23.8 Å². The second kappa shape index (κ2) is 5.77. The summed E-state index contributed by atoms with van der Waals surface area (Å²) in [5.74, 6) is -2.54. The molecule has 4 rings (SSSR count). The summed E-state index contributed by atoms with van der Waals surface area (Å²) in [6, 6.07) is 0. The fraction of sp³-hybridized carbons (Fsp3) is 0.600. The summed E-state index contributed by atoms with van der Waals surface area (Å²) in [6.45, 7) is 9.23. The van der Waals surface area contributed by atoms with E-state index in [0.29, 0.717) is 17.8 Å². The molecule has 2 aliphatic heterocycles. The van der Waals surface area contributed by atoms with Crippen molar-refractivity contribution in [3.8, 4) is 0 Å². The molecule has 146 valence electrons. The van der Waals surface area contributed by atoms with Crippen LogP contribution in [-0.4, -0.2) is 58.3 Å². The van der Waals surface area contributed by atoms with Crippen LogP contribution in [0.4, 0.5) is 0 Å². The lowest BCUT2D eigenvalue weighted by atomic mass is 9.73. The van der Waals surface area contributed by atoms with Crippen molar-refractivity contribution in [3.05, 3.63) is 35.5 Å². The van der Waals surface area contributed by atoms with E-state index in [1.54, 1.807) is 32.9 Å². The second-order valence-corrected chi connectivity index (χ2v) is 7.99. The predicted molar refractivity (Wildman–Crippen MR) is 93.3 cm³/mol. The summed E-state index contributed by atoms with van der Waals surface area (Å²) in [5, 5.41) is 22.3. The molecule has 2 saturated heterocycles. The molecule has 7 atom stereocenters. The Balaban J connectivity index is 1.80. The van der Waals surface area contributed by atoms with Gasteiger partial charge in [-0.3, -0.25) is 0 Å². The molecule has 0 aromatic rings. The van der Waals surface area contributed by atoms with Gasteiger partial charge in [0.05, 0.1) is 24.5 Å². The first-order valence-corrected chi connectivity index (χ1v) is 9.12. The predicted octanol–water partition coefficient (Wildman–Crippen LogP) is 0.803. The highest BCUT2D eigenvalue weighted by Gasteiger charge is 2.73. The molecule has 4 aliphatic rings. The Bertz CT molecular complexity index is 790. The normalized spacial score (nSPS) is 45.7. The largest absolute Gasteiger partial charge is 0.458 e. The molecule has 0 unspecified atom stereocenters.